The Morgan fingerprint density at radius 3 is 2.50 bits per heavy atom. The third-order valence-corrected chi connectivity index (χ3v) is 6.72. The normalized spacial score (nSPS) is 22.3. The maximum atomic E-state index is 12.2. The van der Waals surface area contributed by atoms with Crippen LogP contribution in [-0.4, -0.2) is 55.6 Å². The third-order valence-electron chi connectivity index (χ3n) is 6.72. The number of methoxy groups -OCH3 is 2. The summed E-state index contributed by atoms with van der Waals surface area (Å²) < 4.78 is 16.8. The lowest BCUT2D eigenvalue weighted by molar-refractivity contribution is 0.0470. The molecule has 1 heterocycles. The quantitative estimate of drug-likeness (QED) is 0.646. The molecular formula is C26H35NO5. The second kappa shape index (κ2) is 10.3. The number of carbonyl (C=O) groups excluding carboxylic acids is 1. The Kier molecular flexibility index (Phi) is 7.67. The number of aliphatic hydroxyl groups is 1. The van der Waals surface area contributed by atoms with Gasteiger partial charge < -0.3 is 24.2 Å². The highest BCUT2D eigenvalue weighted by molar-refractivity contribution is 5.68. The smallest absolute Gasteiger partial charge is 0.409 e. The Labute approximate surface area is 191 Å². The summed E-state index contributed by atoms with van der Waals surface area (Å²) in [7, 11) is 3.01. The fourth-order valence-corrected chi connectivity index (χ4v) is 4.48. The summed E-state index contributed by atoms with van der Waals surface area (Å²) in [5.74, 6) is 1.28. The van der Waals surface area contributed by atoms with Gasteiger partial charge in [-0.2, -0.15) is 0 Å². The summed E-state index contributed by atoms with van der Waals surface area (Å²) in [6, 6.07) is 16.2. The summed E-state index contributed by atoms with van der Waals surface area (Å²) >= 11 is 0. The first kappa shape index (κ1) is 23.9. The van der Waals surface area contributed by atoms with Gasteiger partial charge in [-0.05, 0) is 49.9 Å². The molecule has 0 aliphatic carbocycles. The van der Waals surface area contributed by atoms with Crippen molar-refractivity contribution in [3.05, 3.63) is 59.7 Å². The molecule has 174 valence electrons. The molecule has 0 spiro atoms. The van der Waals surface area contributed by atoms with Crippen molar-refractivity contribution < 1.29 is 24.1 Å². The number of aryl methyl sites for hydroxylation is 1. The molecule has 0 bridgehead atoms. The molecule has 1 amide bonds. The molecule has 3 rings (SSSR count). The largest absolute Gasteiger partial charge is 0.493 e. The molecule has 0 saturated carbocycles. The van der Waals surface area contributed by atoms with E-state index in [2.05, 4.69) is 19.1 Å². The first-order chi connectivity index (χ1) is 15.3. The molecule has 0 radical (unpaired) electrons. The van der Waals surface area contributed by atoms with Crippen LogP contribution in [0.1, 0.15) is 44.2 Å². The molecule has 1 fully saturated rings. The lowest BCUT2D eigenvalue weighted by Gasteiger charge is -2.33. The van der Waals surface area contributed by atoms with Crippen molar-refractivity contribution in [2.75, 3.05) is 27.3 Å². The van der Waals surface area contributed by atoms with Crippen LogP contribution in [0.4, 0.5) is 4.79 Å². The Morgan fingerprint density at radius 2 is 1.88 bits per heavy atom. The van der Waals surface area contributed by atoms with Gasteiger partial charge in [0.05, 0.1) is 26.4 Å². The van der Waals surface area contributed by atoms with Gasteiger partial charge in [-0.15, -0.1) is 0 Å². The van der Waals surface area contributed by atoms with Gasteiger partial charge in [0.25, 0.3) is 0 Å². The Morgan fingerprint density at radius 1 is 1.16 bits per heavy atom. The molecule has 2 aromatic rings. The van der Waals surface area contributed by atoms with E-state index >= 15 is 0 Å². The first-order valence-corrected chi connectivity index (χ1v) is 11.2. The average Bonchev–Trinajstić information content (AvgIpc) is 3.17. The van der Waals surface area contributed by atoms with Crippen molar-refractivity contribution in [2.24, 2.45) is 5.41 Å². The van der Waals surface area contributed by atoms with E-state index in [1.807, 2.05) is 43.3 Å². The molecule has 2 unspecified atom stereocenters. The van der Waals surface area contributed by atoms with Gasteiger partial charge in [-0.1, -0.05) is 43.3 Å². The SMILES string of the molecule is COC(=O)N1C[C@H](c2ccc(OC)c(OC(C)CCc3ccccc3)c2)[C@@](C)(C(C)O)C1. The number of ether oxygens (including phenoxy) is 3. The van der Waals surface area contributed by atoms with E-state index in [0.717, 1.165) is 18.4 Å². The molecular weight excluding hydrogens is 406 g/mol. The maximum Gasteiger partial charge on any atom is 0.409 e. The minimum atomic E-state index is -0.599. The van der Waals surface area contributed by atoms with Gasteiger partial charge >= 0.3 is 6.09 Å². The average molecular weight is 442 g/mol. The zero-order valence-electron chi connectivity index (χ0n) is 19.7. The van der Waals surface area contributed by atoms with Crippen molar-refractivity contribution in [1.82, 2.24) is 4.90 Å². The number of hydrogen-bond acceptors (Lipinski definition) is 5. The van der Waals surface area contributed by atoms with Crippen molar-refractivity contribution in [3.63, 3.8) is 0 Å². The minimum absolute atomic E-state index is 0.00218. The number of aliphatic hydroxyl groups excluding tert-OH is 1. The van der Waals surface area contributed by atoms with Crippen molar-refractivity contribution >= 4 is 6.09 Å². The second-order valence-corrected chi connectivity index (χ2v) is 8.95. The van der Waals surface area contributed by atoms with Gasteiger partial charge in [0.2, 0.25) is 0 Å². The number of benzene rings is 2. The van der Waals surface area contributed by atoms with Crippen LogP contribution in [0.2, 0.25) is 0 Å². The minimum Gasteiger partial charge on any atom is -0.493 e. The van der Waals surface area contributed by atoms with Crippen LogP contribution in [0.25, 0.3) is 0 Å². The van der Waals surface area contributed by atoms with Crippen LogP contribution in [-0.2, 0) is 11.2 Å². The van der Waals surface area contributed by atoms with Gasteiger partial charge in [-0.25, -0.2) is 4.79 Å². The molecule has 1 aliphatic heterocycles. The second-order valence-electron chi connectivity index (χ2n) is 8.95. The van der Waals surface area contributed by atoms with E-state index in [1.165, 1.54) is 12.7 Å². The number of carbonyl (C=O) groups is 1. The molecule has 32 heavy (non-hydrogen) atoms. The summed E-state index contributed by atoms with van der Waals surface area (Å²) in [5.41, 5.74) is 1.79. The number of likely N-dealkylation sites (tertiary alicyclic amines) is 1. The van der Waals surface area contributed by atoms with Gasteiger partial charge in [0.15, 0.2) is 11.5 Å². The molecule has 1 saturated heterocycles. The molecule has 2 aromatic carbocycles. The lowest BCUT2D eigenvalue weighted by atomic mass is 9.72. The summed E-state index contributed by atoms with van der Waals surface area (Å²) in [6.07, 6.45) is 0.832. The fraction of sp³-hybridized carbons (Fsp3) is 0.500. The van der Waals surface area contributed by atoms with Gasteiger partial charge in [0.1, 0.15) is 0 Å². The monoisotopic (exact) mass is 441 g/mol. The standard InChI is InChI=1S/C26H35NO5/c1-18(11-12-20-9-7-6-8-10-20)32-24-15-21(13-14-23(24)30-4)22-16-27(25(29)31-5)17-26(22,3)19(2)28/h6-10,13-15,18-19,22,28H,11-12,16-17H2,1-5H3/t18?,19?,22-,26-/m1/s1. The highest BCUT2D eigenvalue weighted by atomic mass is 16.5. The molecule has 1 aliphatic rings. The zero-order valence-corrected chi connectivity index (χ0v) is 19.7. The predicted octanol–water partition coefficient (Wildman–Crippen LogP) is 4.65. The molecule has 4 atom stereocenters. The summed E-state index contributed by atoms with van der Waals surface area (Å²) in [5, 5.41) is 10.6. The van der Waals surface area contributed by atoms with Gasteiger partial charge in [0, 0.05) is 24.4 Å². The van der Waals surface area contributed by atoms with Crippen LogP contribution in [0.5, 0.6) is 11.5 Å². The van der Waals surface area contributed by atoms with Crippen LogP contribution in [0.3, 0.4) is 0 Å². The lowest BCUT2D eigenvalue weighted by Crippen LogP contribution is -2.38. The maximum absolute atomic E-state index is 12.2. The predicted molar refractivity (Wildman–Crippen MR) is 124 cm³/mol. The molecule has 0 aromatic heterocycles. The topological polar surface area (TPSA) is 68.2 Å². The number of hydrogen-bond donors (Lipinski definition) is 1. The highest BCUT2D eigenvalue weighted by Gasteiger charge is 2.48. The zero-order chi connectivity index (χ0) is 23.3. The summed E-state index contributed by atoms with van der Waals surface area (Å²) in [4.78, 5) is 13.8. The fourth-order valence-electron chi connectivity index (χ4n) is 4.48. The van der Waals surface area contributed by atoms with Crippen LogP contribution < -0.4 is 9.47 Å². The number of rotatable bonds is 8. The highest BCUT2D eigenvalue weighted by Crippen LogP contribution is 2.47. The Hall–Kier alpha value is -2.73. The van der Waals surface area contributed by atoms with E-state index in [0.29, 0.717) is 24.6 Å². The van der Waals surface area contributed by atoms with E-state index < -0.39 is 11.5 Å². The van der Waals surface area contributed by atoms with Crippen LogP contribution >= 0.6 is 0 Å². The van der Waals surface area contributed by atoms with Crippen LogP contribution in [0.15, 0.2) is 48.5 Å². The van der Waals surface area contributed by atoms with Crippen molar-refractivity contribution in [2.45, 2.75) is 51.7 Å². The molecule has 1 N–H and O–H groups in total. The third kappa shape index (κ3) is 5.18. The van der Waals surface area contributed by atoms with E-state index in [9.17, 15) is 9.90 Å². The van der Waals surface area contributed by atoms with Gasteiger partial charge in [-0.3, -0.25) is 0 Å². The molecule has 6 nitrogen and oxygen atoms in total. The first-order valence-electron chi connectivity index (χ1n) is 11.2. The Balaban J connectivity index is 1.80. The summed E-state index contributed by atoms with van der Waals surface area (Å²) in [6.45, 7) is 6.75. The van der Waals surface area contributed by atoms with Crippen molar-refractivity contribution in [1.29, 1.82) is 0 Å². The van der Waals surface area contributed by atoms with E-state index in [4.69, 9.17) is 14.2 Å². The number of nitrogens with zero attached hydrogens (tertiary/aromatic N) is 1. The van der Waals surface area contributed by atoms with E-state index in [-0.39, 0.29) is 18.1 Å². The molecule has 6 heteroatoms. The van der Waals surface area contributed by atoms with Crippen LogP contribution in [0, 0.1) is 5.41 Å². The van der Waals surface area contributed by atoms with E-state index in [1.54, 1.807) is 18.9 Å². The Bertz CT molecular complexity index is 900. The van der Waals surface area contributed by atoms with Crippen molar-refractivity contribution in [3.8, 4) is 11.5 Å². The number of amides is 1.